The van der Waals surface area contributed by atoms with Gasteiger partial charge in [-0.1, -0.05) is 53.0 Å². The van der Waals surface area contributed by atoms with Crippen molar-refractivity contribution in [3.63, 3.8) is 0 Å². The van der Waals surface area contributed by atoms with Crippen LogP contribution in [0.5, 0.6) is 0 Å². The van der Waals surface area contributed by atoms with Gasteiger partial charge in [0.05, 0.1) is 5.75 Å². The summed E-state index contributed by atoms with van der Waals surface area (Å²) in [5.41, 5.74) is 1.36. The summed E-state index contributed by atoms with van der Waals surface area (Å²) < 4.78 is 27.0. The molecular formula is C20H21Cl3N2O3S. The van der Waals surface area contributed by atoms with Crippen LogP contribution >= 0.6 is 34.8 Å². The number of carbonyl (C=O) groups excluding carboxylic acids is 1. The van der Waals surface area contributed by atoms with Gasteiger partial charge in [-0.05, 0) is 42.7 Å². The van der Waals surface area contributed by atoms with E-state index in [2.05, 4.69) is 5.32 Å². The molecule has 0 bridgehead atoms. The zero-order chi connectivity index (χ0) is 21.0. The zero-order valence-corrected chi connectivity index (χ0v) is 18.7. The molecule has 5 nitrogen and oxygen atoms in total. The molecule has 1 aliphatic heterocycles. The number of rotatable bonds is 6. The van der Waals surface area contributed by atoms with E-state index in [4.69, 9.17) is 34.8 Å². The van der Waals surface area contributed by atoms with Crippen molar-refractivity contribution in [2.45, 2.75) is 25.1 Å². The average Bonchev–Trinajstić information content (AvgIpc) is 2.70. The summed E-state index contributed by atoms with van der Waals surface area (Å²) in [6, 6.07) is 12.2. The van der Waals surface area contributed by atoms with E-state index in [0.717, 1.165) is 5.56 Å². The average molecular weight is 476 g/mol. The highest BCUT2D eigenvalue weighted by atomic mass is 35.5. The van der Waals surface area contributed by atoms with Gasteiger partial charge in [0.25, 0.3) is 0 Å². The Kier molecular flexibility index (Phi) is 7.46. The van der Waals surface area contributed by atoms with Crippen molar-refractivity contribution < 1.29 is 13.2 Å². The van der Waals surface area contributed by atoms with Crippen molar-refractivity contribution >= 4 is 50.7 Å². The largest absolute Gasteiger partial charge is 0.352 e. The Balaban J connectivity index is 1.53. The van der Waals surface area contributed by atoms with Crippen molar-refractivity contribution in [1.82, 2.24) is 9.62 Å². The third kappa shape index (κ3) is 5.86. The molecule has 0 aromatic heterocycles. The summed E-state index contributed by atoms with van der Waals surface area (Å²) in [7, 11) is -3.57. The van der Waals surface area contributed by atoms with Crippen LogP contribution in [0.25, 0.3) is 0 Å². The van der Waals surface area contributed by atoms with Crippen molar-refractivity contribution in [3.05, 3.63) is 68.7 Å². The summed E-state index contributed by atoms with van der Waals surface area (Å²) in [6.07, 6.45) is 0.948. The van der Waals surface area contributed by atoms with Crippen LogP contribution in [0.1, 0.15) is 24.0 Å². The van der Waals surface area contributed by atoms with Gasteiger partial charge in [0, 0.05) is 46.2 Å². The molecule has 0 unspecified atom stereocenters. The van der Waals surface area contributed by atoms with E-state index in [-0.39, 0.29) is 17.6 Å². The quantitative estimate of drug-likeness (QED) is 0.669. The van der Waals surface area contributed by atoms with E-state index in [1.54, 1.807) is 30.3 Å². The molecule has 1 N–H and O–H groups in total. The molecule has 1 amide bonds. The van der Waals surface area contributed by atoms with Crippen LogP contribution in [0.2, 0.25) is 15.1 Å². The fraction of sp³-hybridized carbons (Fsp3) is 0.350. The van der Waals surface area contributed by atoms with Gasteiger partial charge in [0.15, 0.2) is 0 Å². The van der Waals surface area contributed by atoms with E-state index >= 15 is 0 Å². The second-order valence-corrected chi connectivity index (χ2v) is 10.2. The fourth-order valence-electron chi connectivity index (χ4n) is 3.28. The molecule has 2 aromatic rings. The van der Waals surface area contributed by atoms with E-state index in [0.29, 0.717) is 53.1 Å². The minimum absolute atomic E-state index is 0.0638. The minimum Gasteiger partial charge on any atom is -0.352 e. The molecule has 0 aliphatic carbocycles. The van der Waals surface area contributed by atoms with Crippen LogP contribution < -0.4 is 5.32 Å². The second-order valence-electron chi connectivity index (χ2n) is 6.97. The van der Waals surface area contributed by atoms with Crippen LogP contribution in [0, 0.1) is 5.92 Å². The van der Waals surface area contributed by atoms with Gasteiger partial charge >= 0.3 is 0 Å². The number of nitrogens with one attached hydrogen (secondary N) is 1. The Morgan fingerprint density at radius 3 is 2.17 bits per heavy atom. The topological polar surface area (TPSA) is 66.5 Å². The first-order valence-corrected chi connectivity index (χ1v) is 11.9. The Hall–Kier alpha value is -1.31. The van der Waals surface area contributed by atoms with Crippen molar-refractivity contribution in [3.8, 4) is 0 Å². The van der Waals surface area contributed by atoms with Gasteiger partial charge < -0.3 is 5.32 Å². The molecule has 3 rings (SSSR count). The second kappa shape index (κ2) is 9.67. The van der Waals surface area contributed by atoms with Gasteiger partial charge in [0.1, 0.15) is 0 Å². The molecule has 1 fully saturated rings. The Morgan fingerprint density at radius 1 is 1.00 bits per heavy atom. The zero-order valence-electron chi connectivity index (χ0n) is 15.6. The highest BCUT2D eigenvalue weighted by Crippen LogP contribution is 2.29. The molecule has 1 heterocycles. The maximum absolute atomic E-state index is 12.8. The van der Waals surface area contributed by atoms with Crippen LogP contribution in [0.15, 0.2) is 42.5 Å². The molecule has 2 aromatic carbocycles. The lowest BCUT2D eigenvalue weighted by Gasteiger charge is -2.30. The molecule has 9 heteroatoms. The van der Waals surface area contributed by atoms with Crippen LogP contribution in [0.3, 0.4) is 0 Å². The van der Waals surface area contributed by atoms with E-state index in [1.165, 1.54) is 4.31 Å². The maximum Gasteiger partial charge on any atom is 0.223 e. The minimum atomic E-state index is -3.57. The molecule has 1 aliphatic rings. The molecule has 156 valence electrons. The van der Waals surface area contributed by atoms with Crippen molar-refractivity contribution in [2.24, 2.45) is 5.92 Å². The van der Waals surface area contributed by atoms with Crippen LogP contribution in [-0.2, 0) is 27.1 Å². The van der Waals surface area contributed by atoms with Gasteiger partial charge in [-0.3, -0.25) is 4.79 Å². The number of hydrogen-bond acceptors (Lipinski definition) is 3. The lowest BCUT2D eigenvalue weighted by Crippen LogP contribution is -2.43. The smallest absolute Gasteiger partial charge is 0.223 e. The highest BCUT2D eigenvalue weighted by Gasteiger charge is 2.31. The first-order valence-electron chi connectivity index (χ1n) is 9.19. The number of benzene rings is 2. The van der Waals surface area contributed by atoms with Crippen molar-refractivity contribution in [1.29, 1.82) is 0 Å². The van der Waals surface area contributed by atoms with E-state index in [1.807, 2.05) is 12.1 Å². The number of sulfonamides is 1. The number of hydrogen-bond donors (Lipinski definition) is 1. The van der Waals surface area contributed by atoms with Gasteiger partial charge in [-0.2, -0.15) is 0 Å². The standard InChI is InChI=1S/C20H21Cl3N2O3S/c21-16-6-4-14(5-7-16)12-24-20(26)15-8-10-25(11-9-15)29(27,28)13-17-18(22)2-1-3-19(17)23/h1-7,15H,8-13H2,(H,24,26). The molecule has 0 saturated carbocycles. The molecule has 0 atom stereocenters. The number of piperidine rings is 1. The molecular weight excluding hydrogens is 455 g/mol. The monoisotopic (exact) mass is 474 g/mol. The van der Waals surface area contributed by atoms with E-state index in [9.17, 15) is 13.2 Å². The number of halogens is 3. The lowest BCUT2D eigenvalue weighted by atomic mass is 9.97. The number of carbonyl (C=O) groups is 1. The third-order valence-electron chi connectivity index (χ3n) is 4.99. The molecule has 0 radical (unpaired) electrons. The molecule has 0 spiro atoms. The lowest BCUT2D eigenvalue weighted by molar-refractivity contribution is -0.126. The predicted octanol–water partition coefficient (Wildman–Crippen LogP) is 4.51. The molecule has 1 saturated heterocycles. The Bertz CT molecular complexity index is 953. The van der Waals surface area contributed by atoms with Gasteiger partial charge in [-0.15, -0.1) is 0 Å². The molecule has 29 heavy (non-hydrogen) atoms. The summed E-state index contributed by atoms with van der Waals surface area (Å²) in [6.45, 7) is 1.01. The van der Waals surface area contributed by atoms with Crippen LogP contribution in [-0.4, -0.2) is 31.7 Å². The number of amides is 1. The number of nitrogens with zero attached hydrogens (tertiary/aromatic N) is 1. The first kappa shape index (κ1) is 22.4. The SMILES string of the molecule is O=C(NCc1ccc(Cl)cc1)C1CCN(S(=O)(=O)Cc2c(Cl)cccc2Cl)CC1. The summed E-state index contributed by atoms with van der Waals surface area (Å²) in [4.78, 5) is 12.4. The third-order valence-corrected chi connectivity index (χ3v) is 7.75. The summed E-state index contributed by atoms with van der Waals surface area (Å²) in [5.74, 6) is -0.525. The fourth-order valence-corrected chi connectivity index (χ4v) is 5.72. The Morgan fingerprint density at radius 2 is 1.59 bits per heavy atom. The summed E-state index contributed by atoms with van der Waals surface area (Å²) in [5, 5.41) is 4.22. The summed E-state index contributed by atoms with van der Waals surface area (Å²) >= 11 is 18.1. The first-order chi connectivity index (χ1) is 13.8. The Labute approximate surface area is 186 Å². The van der Waals surface area contributed by atoms with Crippen molar-refractivity contribution in [2.75, 3.05) is 13.1 Å². The van der Waals surface area contributed by atoms with Gasteiger partial charge in [0.2, 0.25) is 15.9 Å². The van der Waals surface area contributed by atoms with Crippen LogP contribution in [0.4, 0.5) is 0 Å². The predicted molar refractivity (Wildman–Crippen MR) is 117 cm³/mol. The highest BCUT2D eigenvalue weighted by molar-refractivity contribution is 7.88. The van der Waals surface area contributed by atoms with Gasteiger partial charge in [-0.25, -0.2) is 12.7 Å². The maximum atomic E-state index is 12.8. The van der Waals surface area contributed by atoms with E-state index < -0.39 is 10.0 Å². The normalized spacial score (nSPS) is 16.0.